The molecule has 0 fully saturated rings. The number of hydrogen-bond acceptors (Lipinski definition) is 1. The van der Waals surface area contributed by atoms with Crippen LogP contribution in [0.1, 0.15) is 65.2 Å². The van der Waals surface area contributed by atoms with E-state index >= 15 is 0 Å². The number of hydrogen-bond donors (Lipinski definition) is 1. The van der Waals surface area contributed by atoms with Crippen molar-refractivity contribution in [3.05, 3.63) is 0 Å². The van der Waals surface area contributed by atoms with Crippen molar-refractivity contribution in [2.75, 3.05) is 0 Å². The predicted octanol–water partition coefficient (Wildman–Crippen LogP) is 3.85. The summed E-state index contributed by atoms with van der Waals surface area (Å²) < 4.78 is 0. The lowest BCUT2D eigenvalue weighted by atomic mass is 9.97. The van der Waals surface area contributed by atoms with Crippen molar-refractivity contribution in [1.29, 1.82) is 0 Å². The van der Waals surface area contributed by atoms with E-state index in [0.29, 0.717) is 12.3 Å². The summed E-state index contributed by atoms with van der Waals surface area (Å²) >= 11 is 0. The fourth-order valence-electron chi connectivity index (χ4n) is 1.67. The number of unbranched alkanes of at least 4 members (excludes halogenated alkanes) is 3. The minimum absolute atomic E-state index is 0.333. The molecule has 0 spiro atoms. The highest BCUT2D eigenvalue weighted by atomic mass is 16.4. The van der Waals surface area contributed by atoms with Crippen molar-refractivity contribution >= 4 is 5.97 Å². The normalized spacial score (nSPS) is 12.7. The Hall–Kier alpha value is -0.530. The fourth-order valence-corrected chi connectivity index (χ4v) is 1.67. The Bertz CT molecular complexity index is 143. The Kier molecular flexibility index (Phi) is 8.70. The largest absolute Gasteiger partial charge is 0.481 e. The molecule has 0 saturated heterocycles. The molecule has 14 heavy (non-hydrogen) atoms. The van der Waals surface area contributed by atoms with Gasteiger partial charge in [-0.25, -0.2) is 0 Å². The third-order valence-corrected chi connectivity index (χ3v) is 2.64. The molecule has 0 aliphatic rings. The third-order valence-electron chi connectivity index (χ3n) is 2.64. The molecule has 1 N–H and O–H groups in total. The van der Waals surface area contributed by atoms with Gasteiger partial charge < -0.3 is 5.11 Å². The van der Waals surface area contributed by atoms with E-state index in [-0.39, 0.29) is 0 Å². The van der Waals surface area contributed by atoms with Gasteiger partial charge in [-0.2, -0.15) is 0 Å². The van der Waals surface area contributed by atoms with Crippen molar-refractivity contribution in [2.24, 2.45) is 5.92 Å². The third kappa shape index (κ3) is 9.56. The second-order valence-electron chi connectivity index (χ2n) is 4.24. The minimum Gasteiger partial charge on any atom is -0.481 e. The van der Waals surface area contributed by atoms with Gasteiger partial charge in [0.25, 0.3) is 0 Å². The Morgan fingerprint density at radius 1 is 1.14 bits per heavy atom. The summed E-state index contributed by atoms with van der Waals surface area (Å²) in [4.78, 5) is 10.3. The SMILES string of the molecule is CCCCCCC(C)CCCC(=O)O. The van der Waals surface area contributed by atoms with Gasteiger partial charge in [-0.15, -0.1) is 0 Å². The minimum atomic E-state index is -0.664. The van der Waals surface area contributed by atoms with E-state index in [0.717, 1.165) is 12.8 Å². The number of rotatable bonds is 9. The van der Waals surface area contributed by atoms with Gasteiger partial charge in [-0.05, 0) is 12.3 Å². The molecule has 0 aromatic rings. The summed E-state index contributed by atoms with van der Waals surface area (Å²) in [6.45, 7) is 4.45. The molecule has 0 aliphatic carbocycles. The predicted molar refractivity (Wildman–Crippen MR) is 59.4 cm³/mol. The van der Waals surface area contributed by atoms with Crippen LogP contribution in [0.3, 0.4) is 0 Å². The zero-order valence-corrected chi connectivity index (χ0v) is 9.59. The van der Waals surface area contributed by atoms with Gasteiger partial charge in [-0.1, -0.05) is 52.4 Å². The number of carboxylic acids is 1. The molecular weight excluding hydrogens is 176 g/mol. The molecule has 0 aromatic carbocycles. The van der Waals surface area contributed by atoms with Crippen LogP contribution in [-0.2, 0) is 4.79 Å². The van der Waals surface area contributed by atoms with E-state index < -0.39 is 5.97 Å². The number of carboxylic acid groups (broad SMARTS) is 1. The molecule has 2 heteroatoms. The van der Waals surface area contributed by atoms with Crippen LogP contribution in [0.5, 0.6) is 0 Å². The summed E-state index contributed by atoms with van der Waals surface area (Å²) in [5, 5.41) is 8.47. The molecule has 1 unspecified atom stereocenters. The van der Waals surface area contributed by atoms with Crippen molar-refractivity contribution in [1.82, 2.24) is 0 Å². The van der Waals surface area contributed by atoms with Crippen LogP contribution in [0.2, 0.25) is 0 Å². The molecule has 0 amide bonds. The Balaban J connectivity index is 3.19. The van der Waals surface area contributed by atoms with Gasteiger partial charge in [0.05, 0.1) is 0 Å². The van der Waals surface area contributed by atoms with Gasteiger partial charge in [0, 0.05) is 6.42 Å². The monoisotopic (exact) mass is 200 g/mol. The van der Waals surface area contributed by atoms with Crippen LogP contribution >= 0.6 is 0 Å². The molecular formula is C12H24O2. The number of carbonyl (C=O) groups is 1. The van der Waals surface area contributed by atoms with Crippen molar-refractivity contribution in [3.63, 3.8) is 0 Å². The molecule has 2 nitrogen and oxygen atoms in total. The first-order valence-electron chi connectivity index (χ1n) is 5.88. The fraction of sp³-hybridized carbons (Fsp3) is 0.917. The van der Waals surface area contributed by atoms with Crippen LogP contribution in [0.25, 0.3) is 0 Å². The molecule has 84 valence electrons. The quantitative estimate of drug-likeness (QED) is 0.574. The highest BCUT2D eigenvalue weighted by molar-refractivity contribution is 5.66. The summed E-state index contributed by atoms with van der Waals surface area (Å²) in [6, 6.07) is 0. The zero-order valence-electron chi connectivity index (χ0n) is 9.59. The molecule has 0 radical (unpaired) electrons. The van der Waals surface area contributed by atoms with Crippen molar-refractivity contribution < 1.29 is 9.90 Å². The molecule has 0 heterocycles. The maximum absolute atomic E-state index is 10.3. The van der Waals surface area contributed by atoms with Gasteiger partial charge >= 0.3 is 5.97 Å². The molecule has 0 saturated carbocycles. The van der Waals surface area contributed by atoms with E-state index in [4.69, 9.17) is 5.11 Å². The highest BCUT2D eigenvalue weighted by Crippen LogP contribution is 2.16. The average Bonchev–Trinajstić information content (AvgIpc) is 2.12. The van der Waals surface area contributed by atoms with Crippen LogP contribution in [-0.4, -0.2) is 11.1 Å². The van der Waals surface area contributed by atoms with E-state index in [1.165, 1.54) is 32.1 Å². The summed E-state index contributed by atoms with van der Waals surface area (Å²) in [5.41, 5.74) is 0. The Labute approximate surface area is 87.7 Å². The van der Waals surface area contributed by atoms with E-state index in [9.17, 15) is 4.79 Å². The Morgan fingerprint density at radius 3 is 2.36 bits per heavy atom. The first-order chi connectivity index (χ1) is 6.66. The van der Waals surface area contributed by atoms with E-state index in [1.807, 2.05) is 0 Å². The van der Waals surface area contributed by atoms with Crippen LogP contribution in [0, 0.1) is 5.92 Å². The van der Waals surface area contributed by atoms with Crippen LogP contribution < -0.4 is 0 Å². The lowest BCUT2D eigenvalue weighted by Crippen LogP contribution is -1.99. The summed E-state index contributed by atoms with van der Waals surface area (Å²) in [6.07, 6.45) is 8.76. The second kappa shape index (κ2) is 9.04. The molecule has 0 aromatic heterocycles. The topological polar surface area (TPSA) is 37.3 Å². The van der Waals surface area contributed by atoms with Gasteiger partial charge in [-0.3, -0.25) is 4.79 Å². The lowest BCUT2D eigenvalue weighted by molar-refractivity contribution is -0.137. The zero-order chi connectivity index (χ0) is 10.8. The number of aliphatic carboxylic acids is 1. The van der Waals surface area contributed by atoms with Gasteiger partial charge in [0.1, 0.15) is 0 Å². The molecule has 0 rings (SSSR count). The molecule has 0 aliphatic heterocycles. The first kappa shape index (κ1) is 13.5. The van der Waals surface area contributed by atoms with E-state index in [1.54, 1.807) is 0 Å². The maximum atomic E-state index is 10.3. The van der Waals surface area contributed by atoms with Crippen LogP contribution in [0.15, 0.2) is 0 Å². The van der Waals surface area contributed by atoms with Crippen LogP contribution in [0.4, 0.5) is 0 Å². The Morgan fingerprint density at radius 2 is 1.79 bits per heavy atom. The summed E-state index contributed by atoms with van der Waals surface area (Å²) in [7, 11) is 0. The highest BCUT2D eigenvalue weighted by Gasteiger charge is 2.03. The van der Waals surface area contributed by atoms with E-state index in [2.05, 4.69) is 13.8 Å². The molecule has 0 bridgehead atoms. The molecule has 1 atom stereocenters. The second-order valence-corrected chi connectivity index (χ2v) is 4.24. The van der Waals surface area contributed by atoms with Crippen molar-refractivity contribution in [2.45, 2.75) is 65.2 Å². The maximum Gasteiger partial charge on any atom is 0.303 e. The summed E-state index contributed by atoms with van der Waals surface area (Å²) in [5.74, 6) is 0.0365. The lowest BCUT2D eigenvalue weighted by Gasteiger charge is -2.09. The van der Waals surface area contributed by atoms with Crippen molar-refractivity contribution in [3.8, 4) is 0 Å². The standard InChI is InChI=1S/C12H24O2/c1-3-4-5-6-8-11(2)9-7-10-12(13)14/h11H,3-10H2,1-2H3,(H,13,14). The van der Waals surface area contributed by atoms with Gasteiger partial charge in [0.2, 0.25) is 0 Å². The van der Waals surface area contributed by atoms with Gasteiger partial charge in [0.15, 0.2) is 0 Å². The average molecular weight is 200 g/mol. The first-order valence-corrected chi connectivity index (χ1v) is 5.88. The smallest absolute Gasteiger partial charge is 0.303 e.